The van der Waals surface area contributed by atoms with Gasteiger partial charge in [-0.1, -0.05) is 13.8 Å². The van der Waals surface area contributed by atoms with Gasteiger partial charge in [-0.05, 0) is 52.9 Å². The lowest BCUT2D eigenvalue weighted by Crippen LogP contribution is -2.50. The van der Waals surface area contributed by atoms with Gasteiger partial charge < -0.3 is 10.2 Å². The molecule has 17 heavy (non-hydrogen) atoms. The molecule has 0 atom stereocenters. The number of nitrogens with zero attached hydrogens (tertiary/aromatic N) is 2. The molecule has 102 valence electrons. The van der Waals surface area contributed by atoms with Crippen LogP contribution in [0.15, 0.2) is 0 Å². The zero-order chi connectivity index (χ0) is 13.1. The summed E-state index contributed by atoms with van der Waals surface area (Å²) in [6.45, 7) is 15.2. The molecule has 0 aromatic carbocycles. The van der Waals surface area contributed by atoms with Crippen molar-refractivity contribution in [3.05, 3.63) is 0 Å². The Hall–Kier alpha value is -0.120. The Labute approximate surface area is 108 Å². The van der Waals surface area contributed by atoms with E-state index in [1.54, 1.807) is 0 Å². The van der Waals surface area contributed by atoms with Gasteiger partial charge in [0.2, 0.25) is 0 Å². The molecule has 0 bridgehead atoms. The Morgan fingerprint density at radius 3 is 2.35 bits per heavy atom. The monoisotopic (exact) mass is 241 g/mol. The van der Waals surface area contributed by atoms with Gasteiger partial charge in [0.15, 0.2) is 0 Å². The van der Waals surface area contributed by atoms with Crippen molar-refractivity contribution in [3.8, 4) is 0 Å². The first-order valence-electron chi connectivity index (χ1n) is 6.83. The van der Waals surface area contributed by atoms with Crippen LogP contribution in [-0.2, 0) is 0 Å². The van der Waals surface area contributed by atoms with E-state index >= 15 is 0 Å². The lowest BCUT2D eigenvalue weighted by Gasteiger charge is -2.39. The first-order valence-corrected chi connectivity index (χ1v) is 6.83. The van der Waals surface area contributed by atoms with Crippen molar-refractivity contribution in [2.75, 3.05) is 46.8 Å². The zero-order valence-electron chi connectivity index (χ0n) is 12.6. The highest BCUT2D eigenvalue weighted by atomic mass is 15.2. The molecule has 1 saturated heterocycles. The predicted molar refractivity (Wildman–Crippen MR) is 75.5 cm³/mol. The average Bonchev–Trinajstić information content (AvgIpc) is 2.23. The fourth-order valence-electron chi connectivity index (χ4n) is 2.56. The van der Waals surface area contributed by atoms with E-state index in [2.05, 4.69) is 56.9 Å². The average molecular weight is 241 g/mol. The third-order valence-corrected chi connectivity index (χ3v) is 3.67. The second-order valence-electron chi connectivity index (χ2n) is 7.16. The summed E-state index contributed by atoms with van der Waals surface area (Å²) in [5.74, 6) is 0. The van der Waals surface area contributed by atoms with E-state index in [4.69, 9.17) is 0 Å². The van der Waals surface area contributed by atoms with Crippen LogP contribution in [0.2, 0.25) is 0 Å². The highest BCUT2D eigenvalue weighted by Gasteiger charge is 2.34. The van der Waals surface area contributed by atoms with Crippen molar-refractivity contribution >= 4 is 0 Å². The van der Waals surface area contributed by atoms with Crippen LogP contribution in [0.1, 0.15) is 34.1 Å². The first kappa shape index (κ1) is 14.9. The van der Waals surface area contributed by atoms with Crippen molar-refractivity contribution < 1.29 is 0 Å². The van der Waals surface area contributed by atoms with Crippen molar-refractivity contribution in [2.24, 2.45) is 5.41 Å². The van der Waals surface area contributed by atoms with E-state index in [-0.39, 0.29) is 5.54 Å². The van der Waals surface area contributed by atoms with Gasteiger partial charge in [-0.3, -0.25) is 4.90 Å². The highest BCUT2D eigenvalue weighted by molar-refractivity contribution is 4.92. The summed E-state index contributed by atoms with van der Waals surface area (Å²) in [6, 6.07) is 0. The molecule has 0 aromatic heterocycles. The molecular weight excluding hydrogens is 210 g/mol. The van der Waals surface area contributed by atoms with Crippen LogP contribution in [0.5, 0.6) is 0 Å². The minimum atomic E-state index is 0.278. The Morgan fingerprint density at radius 2 is 1.76 bits per heavy atom. The van der Waals surface area contributed by atoms with E-state index in [1.165, 1.54) is 26.1 Å². The molecule has 1 aliphatic heterocycles. The van der Waals surface area contributed by atoms with Crippen LogP contribution in [0.4, 0.5) is 0 Å². The van der Waals surface area contributed by atoms with Gasteiger partial charge in [0.05, 0.1) is 0 Å². The summed E-state index contributed by atoms with van der Waals surface area (Å²) in [4.78, 5) is 4.94. The van der Waals surface area contributed by atoms with Crippen molar-refractivity contribution in [1.29, 1.82) is 0 Å². The van der Waals surface area contributed by atoms with Crippen LogP contribution in [0.3, 0.4) is 0 Å². The summed E-state index contributed by atoms with van der Waals surface area (Å²) in [6.07, 6.45) is 1.26. The number of rotatable bonds is 4. The summed E-state index contributed by atoms with van der Waals surface area (Å²) in [5, 5.41) is 3.60. The molecule has 0 aromatic rings. The van der Waals surface area contributed by atoms with Gasteiger partial charge >= 0.3 is 0 Å². The van der Waals surface area contributed by atoms with Gasteiger partial charge in [-0.2, -0.15) is 0 Å². The molecule has 0 saturated carbocycles. The third kappa shape index (κ3) is 4.94. The summed E-state index contributed by atoms with van der Waals surface area (Å²) < 4.78 is 0. The molecule has 3 heteroatoms. The fraction of sp³-hybridized carbons (Fsp3) is 1.00. The van der Waals surface area contributed by atoms with Crippen molar-refractivity contribution in [3.63, 3.8) is 0 Å². The maximum Gasteiger partial charge on any atom is 0.0277 e. The molecule has 0 amide bonds. The fourth-order valence-corrected chi connectivity index (χ4v) is 2.56. The standard InChI is InChI=1S/C14H31N3/c1-13(2)10-15-11-14(3,4)17(12-13)9-7-8-16(5)6/h15H,7-12H2,1-6H3. The zero-order valence-corrected chi connectivity index (χ0v) is 12.6. The Morgan fingerprint density at radius 1 is 1.12 bits per heavy atom. The Bertz CT molecular complexity index is 234. The van der Waals surface area contributed by atoms with Crippen LogP contribution in [0.25, 0.3) is 0 Å². The number of nitrogens with one attached hydrogen (secondary N) is 1. The lowest BCUT2D eigenvalue weighted by molar-refractivity contribution is 0.0961. The lowest BCUT2D eigenvalue weighted by atomic mass is 9.92. The second kappa shape index (κ2) is 5.68. The molecule has 1 aliphatic rings. The van der Waals surface area contributed by atoms with Gasteiger partial charge in [-0.15, -0.1) is 0 Å². The van der Waals surface area contributed by atoms with Gasteiger partial charge in [0.25, 0.3) is 0 Å². The second-order valence-corrected chi connectivity index (χ2v) is 7.16. The highest BCUT2D eigenvalue weighted by Crippen LogP contribution is 2.25. The van der Waals surface area contributed by atoms with Crippen LogP contribution in [-0.4, -0.2) is 62.2 Å². The molecule has 0 spiro atoms. The number of hydrogen-bond acceptors (Lipinski definition) is 3. The third-order valence-electron chi connectivity index (χ3n) is 3.67. The van der Waals surface area contributed by atoms with E-state index in [0.29, 0.717) is 5.41 Å². The summed E-state index contributed by atoms with van der Waals surface area (Å²) >= 11 is 0. The normalized spacial score (nSPS) is 24.9. The SMILES string of the molecule is CN(C)CCCN1CC(C)(C)CNCC1(C)C. The maximum atomic E-state index is 3.60. The van der Waals surface area contributed by atoms with Gasteiger partial charge in [0.1, 0.15) is 0 Å². The van der Waals surface area contributed by atoms with Crippen LogP contribution >= 0.6 is 0 Å². The van der Waals surface area contributed by atoms with E-state index < -0.39 is 0 Å². The Balaban J connectivity index is 2.57. The quantitative estimate of drug-likeness (QED) is 0.807. The molecule has 0 aliphatic carbocycles. The summed E-state index contributed by atoms with van der Waals surface area (Å²) in [7, 11) is 4.30. The maximum absolute atomic E-state index is 3.60. The molecular formula is C14H31N3. The minimum Gasteiger partial charge on any atom is -0.314 e. The topological polar surface area (TPSA) is 18.5 Å². The van der Waals surface area contributed by atoms with E-state index in [0.717, 1.165) is 13.1 Å². The van der Waals surface area contributed by atoms with E-state index in [9.17, 15) is 0 Å². The van der Waals surface area contributed by atoms with Crippen molar-refractivity contribution in [2.45, 2.75) is 39.7 Å². The Kier molecular flexibility index (Phi) is 4.99. The van der Waals surface area contributed by atoms with Gasteiger partial charge in [-0.25, -0.2) is 0 Å². The summed E-state index contributed by atoms with van der Waals surface area (Å²) in [5.41, 5.74) is 0.659. The largest absolute Gasteiger partial charge is 0.314 e. The predicted octanol–water partition coefficient (Wildman–Crippen LogP) is 1.65. The minimum absolute atomic E-state index is 0.278. The number of hydrogen-bond donors (Lipinski definition) is 1. The van der Waals surface area contributed by atoms with Gasteiger partial charge in [0, 0.05) is 25.2 Å². The molecule has 1 rings (SSSR count). The van der Waals surface area contributed by atoms with Crippen molar-refractivity contribution in [1.82, 2.24) is 15.1 Å². The molecule has 3 nitrogen and oxygen atoms in total. The molecule has 1 fully saturated rings. The van der Waals surface area contributed by atoms with Crippen LogP contribution in [0, 0.1) is 5.41 Å². The first-order chi connectivity index (χ1) is 7.73. The van der Waals surface area contributed by atoms with E-state index in [1.807, 2.05) is 0 Å². The van der Waals surface area contributed by atoms with Crippen LogP contribution < -0.4 is 5.32 Å². The molecule has 0 unspecified atom stereocenters. The molecule has 1 heterocycles. The molecule has 1 N–H and O–H groups in total. The smallest absolute Gasteiger partial charge is 0.0277 e. The molecule has 0 radical (unpaired) electrons.